The number of ether oxygens (including phenoxy) is 1. The number of piperidine rings is 1. The highest BCUT2D eigenvalue weighted by molar-refractivity contribution is 5.90. The molecule has 5 amide bonds. The van der Waals surface area contributed by atoms with E-state index in [0.29, 0.717) is 31.6 Å². The molecule has 2 aliphatic rings. The molecule has 4 rings (SSSR count). The molecule has 0 aromatic heterocycles. The molecule has 2 aliphatic heterocycles. The van der Waals surface area contributed by atoms with E-state index < -0.39 is 55.6 Å². The zero-order chi connectivity index (χ0) is 32.9. The van der Waals surface area contributed by atoms with E-state index in [-0.39, 0.29) is 50.9 Å². The number of benzene rings is 2. The molecule has 46 heavy (non-hydrogen) atoms. The largest absolute Gasteiger partial charge is 0.484 e. The third-order valence-electron chi connectivity index (χ3n) is 8.01. The van der Waals surface area contributed by atoms with Gasteiger partial charge in [0, 0.05) is 51.5 Å². The fourth-order valence-electron chi connectivity index (χ4n) is 5.38. The van der Waals surface area contributed by atoms with Crippen molar-refractivity contribution in [1.82, 2.24) is 25.8 Å². The number of nitrogens with zero attached hydrogens (tertiary/aromatic N) is 2. The van der Waals surface area contributed by atoms with Crippen molar-refractivity contribution >= 4 is 29.5 Å². The molecule has 0 aliphatic carbocycles. The van der Waals surface area contributed by atoms with Crippen LogP contribution in [-0.2, 0) is 36.9 Å². The van der Waals surface area contributed by atoms with E-state index in [1.807, 2.05) is 18.2 Å². The molecule has 13 heteroatoms. The first-order valence-electron chi connectivity index (χ1n) is 15.6. The summed E-state index contributed by atoms with van der Waals surface area (Å²) in [6, 6.07) is 15.6. The van der Waals surface area contributed by atoms with Gasteiger partial charge in [0.05, 0.1) is 6.42 Å². The Labute approximate surface area is 267 Å². The van der Waals surface area contributed by atoms with Gasteiger partial charge in [0.25, 0.3) is 11.8 Å². The molecular formula is C33H41F2N5O6. The van der Waals surface area contributed by atoms with Crippen molar-refractivity contribution in [2.75, 3.05) is 39.3 Å². The van der Waals surface area contributed by atoms with Crippen LogP contribution >= 0.6 is 0 Å². The molecule has 0 saturated carbocycles. The summed E-state index contributed by atoms with van der Waals surface area (Å²) in [5.74, 6) is -4.33. The van der Waals surface area contributed by atoms with Gasteiger partial charge < -0.3 is 30.5 Å². The third-order valence-corrected chi connectivity index (χ3v) is 8.01. The van der Waals surface area contributed by atoms with E-state index in [1.54, 1.807) is 36.4 Å². The molecule has 0 spiro atoms. The van der Waals surface area contributed by atoms with Gasteiger partial charge in [0.1, 0.15) is 18.8 Å². The maximum absolute atomic E-state index is 13.7. The van der Waals surface area contributed by atoms with Crippen molar-refractivity contribution < 1.29 is 37.5 Å². The van der Waals surface area contributed by atoms with Crippen molar-refractivity contribution in [3.05, 3.63) is 65.7 Å². The smallest absolute Gasteiger partial charge is 0.257 e. The lowest BCUT2D eigenvalue weighted by molar-refractivity contribution is -0.146. The second-order valence-electron chi connectivity index (χ2n) is 11.6. The van der Waals surface area contributed by atoms with Crippen molar-refractivity contribution in [2.45, 2.75) is 63.5 Å². The Bertz CT molecular complexity index is 1370. The zero-order valence-electron chi connectivity index (χ0n) is 25.8. The van der Waals surface area contributed by atoms with Gasteiger partial charge in [-0.15, -0.1) is 0 Å². The first-order valence-corrected chi connectivity index (χ1v) is 15.6. The number of halogens is 2. The van der Waals surface area contributed by atoms with Gasteiger partial charge >= 0.3 is 0 Å². The summed E-state index contributed by atoms with van der Waals surface area (Å²) >= 11 is 0. The van der Waals surface area contributed by atoms with Gasteiger partial charge in [-0.3, -0.25) is 24.0 Å². The van der Waals surface area contributed by atoms with Gasteiger partial charge in [0.2, 0.25) is 23.6 Å². The number of amides is 5. The quantitative estimate of drug-likeness (QED) is 0.341. The van der Waals surface area contributed by atoms with Crippen molar-refractivity contribution in [3.63, 3.8) is 0 Å². The molecule has 1 saturated heterocycles. The molecule has 248 valence electrons. The number of likely N-dealkylation sites (tertiary alicyclic amines) is 1. The van der Waals surface area contributed by atoms with Crippen LogP contribution in [-0.4, -0.2) is 90.6 Å². The van der Waals surface area contributed by atoms with Gasteiger partial charge in [-0.2, -0.15) is 0 Å². The molecule has 1 atom stereocenters. The van der Waals surface area contributed by atoms with Crippen LogP contribution in [0.3, 0.4) is 0 Å². The van der Waals surface area contributed by atoms with E-state index in [2.05, 4.69) is 16.0 Å². The van der Waals surface area contributed by atoms with Gasteiger partial charge in [-0.05, 0) is 42.5 Å². The Morgan fingerprint density at radius 3 is 2.37 bits per heavy atom. The summed E-state index contributed by atoms with van der Waals surface area (Å²) < 4.78 is 32.8. The highest BCUT2D eigenvalue weighted by Gasteiger charge is 2.36. The lowest BCUT2D eigenvalue weighted by Gasteiger charge is -2.33. The van der Waals surface area contributed by atoms with Crippen LogP contribution < -0.4 is 20.7 Å². The predicted molar refractivity (Wildman–Crippen MR) is 165 cm³/mol. The monoisotopic (exact) mass is 641 g/mol. The Kier molecular flexibility index (Phi) is 12.4. The van der Waals surface area contributed by atoms with E-state index in [9.17, 15) is 32.8 Å². The number of alkyl halides is 2. The van der Waals surface area contributed by atoms with Crippen LogP contribution in [0.25, 0.3) is 0 Å². The minimum Gasteiger partial charge on any atom is -0.484 e. The molecule has 2 aromatic rings. The Hall–Kier alpha value is -4.55. The lowest BCUT2D eigenvalue weighted by atomic mass is 10.0. The third kappa shape index (κ3) is 11.1. The SMILES string of the molecule is O=C(COc1ccccc1)NCCCC[C@H]1CC(=O)N(CC(=O)N2CCC(F)(F)CC2)CC(=O)NCc2ccccc2CC(=O)N1. The van der Waals surface area contributed by atoms with Gasteiger partial charge in [0.15, 0.2) is 6.61 Å². The molecule has 0 radical (unpaired) electrons. The second kappa shape index (κ2) is 16.7. The standard InChI is InChI=1S/C33H41F2N5O6/c34-33(35)13-16-39(17-14-33)32(45)22-40-21-29(42)37-20-25-9-5-4-8-24(25)18-28(41)38-26(19-31(40)44)10-6-7-15-36-30(43)23-46-27-11-2-1-3-12-27/h1-5,8-9,11-12,26H,6-7,10,13-23H2,(H,36,43)(H,37,42)(H,38,41)/t26-/m0/s1. The second-order valence-corrected chi connectivity index (χ2v) is 11.6. The number of carbonyl (C=O) groups excluding carboxylic acids is 5. The Morgan fingerprint density at radius 2 is 1.63 bits per heavy atom. The van der Waals surface area contributed by atoms with Crippen molar-refractivity contribution in [2.24, 2.45) is 0 Å². The summed E-state index contributed by atoms with van der Waals surface area (Å²) in [5, 5.41) is 8.50. The van der Waals surface area contributed by atoms with Crippen LogP contribution in [0.15, 0.2) is 54.6 Å². The van der Waals surface area contributed by atoms with Crippen molar-refractivity contribution in [3.8, 4) is 5.75 Å². The normalized spacial score (nSPS) is 19.0. The lowest BCUT2D eigenvalue weighted by Crippen LogP contribution is -2.50. The number of hydrogen-bond donors (Lipinski definition) is 3. The average Bonchev–Trinajstić information content (AvgIpc) is 3.03. The number of hydrogen-bond acceptors (Lipinski definition) is 6. The molecule has 0 bridgehead atoms. The molecule has 3 N–H and O–H groups in total. The van der Waals surface area contributed by atoms with E-state index in [0.717, 1.165) is 16.0 Å². The molecule has 1 fully saturated rings. The molecule has 2 aromatic carbocycles. The number of nitrogens with one attached hydrogen (secondary N) is 3. The maximum Gasteiger partial charge on any atom is 0.257 e. The fourth-order valence-corrected chi connectivity index (χ4v) is 5.38. The number of para-hydroxylation sites is 1. The van der Waals surface area contributed by atoms with Crippen LogP contribution in [0.2, 0.25) is 0 Å². The zero-order valence-corrected chi connectivity index (χ0v) is 25.8. The number of fused-ring (bicyclic) bond motifs is 1. The summed E-state index contributed by atoms with van der Waals surface area (Å²) in [6.45, 7) is -0.726. The van der Waals surface area contributed by atoms with Crippen LogP contribution in [0.5, 0.6) is 5.75 Å². The van der Waals surface area contributed by atoms with Crippen molar-refractivity contribution in [1.29, 1.82) is 0 Å². The van der Waals surface area contributed by atoms with E-state index in [4.69, 9.17) is 4.74 Å². The highest BCUT2D eigenvalue weighted by Crippen LogP contribution is 2.27. The molecular weight excluding hydrogens is 600 g/mol. The summed E-state index contributed by atoms with van der Waals surface area (Å²) in [5.41, 5.74) is 1.48. The first kappa shape index (κ1) is 34.3. The maximum atomic E-state index is 13.7. The minimum absolute atomic E-state index is 0.0516. The summed E-state index contributed by atoms with van der Waals surface area (Å²) in [6.07, 6.45) is 0.521. The Balaban J connectivity index is 1.37. The number of unbranched alkanes of at least 4 members (excludes halogenated alkanes) is 1. The number of rotatable bonds is 10. The van der Waals surface area contributed by atoms with Crippen LogP contribution in [0.4, 0.5) is 8.78 Å². The molecule has 2 heterocycles. The fraction of sp³-hybridized carbons (Fsp3) is 0.485. The van der Waals surface area contributed by atoms with E-state index in [1.165, 1.54) is 4.90 Å². The Morgan fingerprint density at radius 1 is 0.935 bits per heavy atom. The molecule has 11 nitrogen and oxygen atoms in total. The topological polar surface area (TPSA) is 137 Å². The van der Waals surface area contributed by atoms with Gasteiger partial charge in [-0.1, -0.05) is 42.5 Å². The van der Waals surface area contributed by atoms with E-state index >= 15 is 0 Å². The summed E-state index contributed by atoms with van der Waals surface area (Å²) in [4.78, 5) is 67.1. The summed E-state index contributed by atoms with van der Waals surface area (Å²) in [7, 11) is 0. The molecule has 0 unspecified atom stereocenters. The number of carbonyl (C=O) groups is 5. The van der Waals surface area contributed by atoms with Crippen LogP contribution in [0, 0.1) is 0 Å². The van der Waals surface area contributed by atoms with Crippen LogP contribution in [0.1, 0.15) is 49.7 Å². The predicted octanol–water partition coefficient (Wildman–Crippen LogP) is 2.19. The first-order chi connectivity index (χ1) is 22.1. The van der Waals surface area contributed by atoms with Gasteiger partial charge in [-0.25, -0.2) is 8.78 Å². The minimum atomic E-state index is -2.83. The average molecular weight is 642 g/mol. The highest BCUT2D eigenvalue weighted by atomic mass is 19.3.